The first-order valence-corrected chi connectivity index (χ1v) is 6.84. The van der Waals surface area contributed by atoms with Crippen molar-refractivity contribution in [3.8, 4) is 0 Å². The summed E-state index contributed by atoms with van der Waals surface area (Å²) in [6.07, 6.45) is 6.35. The summed E-state index contributed by atoms with van der Waals surface area (Å²) in [6.45, 7) is 2.39. The number of hydrogen-bond donors (Lipinski definition) is 1. The molecule has 0 unspecified atom stereocenters. The molecule has 0 heterocycles. The number of halogens is 2. The molecule has 0 amide bonds. The summed E-state index contributed by atoms with van der Waals surface area (Å²) in [5.74, 6) is -0.273. The highest BCUT2D eigenvalue weighted by atomic mass is 19.1. The van der Waals surface area contributed by atoms with Crippen molar-refractivity contribution in [2.75, 3.05) is 0 Å². The SMILES string of the molecule is C[C@H](NCc1c(F)cccc1F)C1CCCCC1. The first-order chi connectivity index (χ1) is 8.68. The van der Waals surface area contributed by atoms with Crippen LogP contribution in [-0.2, 0) is 6.54 Å². The quantitative estimate of drug-likeness (QED) is 0.854. The van der Waals surface area contributed by atoms with Gasteiger partial charge in [0, 0.05) is 18.2 Å². The van der Waals surface area contributed by atoms with Gasteiger partial charge in [0.05, 0.1) is 0 Å². The van der Waals surface area contributed by atoms with Crippen LogP contribution < -0.4 is 5.32 Å². The summed E-state index contributed by atoms with van der Waals surface area (Å²) >= 11 is 0. The zero-order valence-electron chi connectivity index (χ0n) is 10.9. The Kier molecular flexibility index (Phi) is 4.70. The molecule has 1 aliphatic rings. The number of hydrogen-bond acceptors (Lipinski definition) is 1. The second-order valence-electron chi connectivity index (χ2n) is 5.27. The number of rotatable bonds is 4. The zero-order chi connectivity index (χ0) is 13.0. The van der Waals surface area contributed by atoms with Crippen molar-refractivity contribution in [3.63, 3.8) is 0 Å². The molecule has 1 atom stereocenters. The maximum Gasteiger partial charge on any atom is 0.130 e. The van der Waals surface area contributed by atoms with Gasteiger partial charge in [0.2, 0.25) is 0 Å². The molecule has 1 aliphatic carbocycles. The normalized spacial score (nSPS) is 18.8. The lowest BCUT2D eigenvalue weighted by Crippen LogP contribution is -2.34. The van der Waals surface area contributed by atoms with E-state index >= 15 is 0 Å². The Bertz CT molecular complexity index is 366. The van der Waals surface area contributed by atoms with Gasteiger partial charge in [0.25, 0.3) is 0 Å². The van der Waals surface area contributed by atoms with Crippen molar-refractivity contribution in [2.24, 2.45) is 5.92 Å². The molecule has 18 heavy (non-hydrogen) atoms. The smallest absolute Gasteiger partial charge is 0.130 e. The van der Waals surface area contributed by atoms with Crippen LogP contribution >= 0.6 is 0 Å². The molecule has 1 fully saturated rings. The standard InChI is InChI=1S/C15H21F2N/c1-11(12-6-3-2-4-7-12)18-10-13-14(16)8-5-9-15(13)17/h5,8-9,11-12,18H,2-4,6-7,10H2,1H3/t11-/m0/s1. The first-order valence-electron chi connectivity index (χ1n) is 6.84. The van der Waals surface area contributed by atoms with Crippen molar-refractivity contribution in [3.05, 3.63) is 35.4 Å². The Morgan fingerprint density at radius 1 is 1.17 bits per heavy atom. The molecular formula is C15H21F2N. The van der Waals surface area contributed by atoms with Gasteiger partial charge < -0.3 is 5.32 Å². The minimum absolute atomic E-state index is 0.153. The van der Waals surface area contributed by atoms with E-state index in [0.717, 1.165) is 0 Å². The highest BCUT2D eigenvalue weighted by Crippen LogP contribution is 2.26. The molecule has 1 nitrogen and oxygen atoms in total. The van der Waals surface area contributed by atoms with Crippen LogP contribution in [0.25, 0.3) is 0 Å². The Hall–Kier alpha value is -0.960. The maximum atomic E-state index is 13.5. The predicted octanol–water partition coefficient (Wildman–Crippen LogP) is 4.02. The van der Waals surface area contributed by atoms with Crippen LogP contribution in [0.5, 0.6) is 0 Å². The summed E-state index contributed by atoms with van der Waals surface area (Å²) in [6, 6.07) is 4.35. The molecule has 3 heteroatoms. The maximum absolute atomic E-state index is 13.5. The number of benzene rings is 1. The highest BCUT2D eigenvalue weighted by molar-refractivity contribution is 5.19. The van der Waals surface area contributed by atoms with Crippen molar-refractivity contribution in [1.82, 2.24) is 5.32 Å². The molecule has 1 aromatic rings. The minimum atomic E-state index is -0.460. The van der Waals surface area contributed by atoms with Crippen LogP contribution in [-0.4, -0.2) is 6.04 Å². The van der Waals surface area contributed by atoms with Crippen molar-refractivity contribution < 1.29 is 8.78 Å². The fourth-order valence-electron chi connectivity index (χ4n) is 2.77. The van der Waals surface area contributed by atoms with Gasteiger partial charge in [-0.15, -0.1) is 0 Å². The number of nitrogens with one attached hydrogen (secondary N) is 1. The average molecular weight is 253 g/mol. The molecule has 0 radical (unpaired) electrons. The third-order valence-electron chi connectivity index (χ3n) is 4.02. The van der Waals surface area contributed by atoms with Gasteiger partial charge >= 0.3 is 0 Å². The van der Waals surface area contributed by atoms with E-state index in [4.69, 9.17) is 0 Å². The molecule has 0 spiro atoms. The van der Waals surface area contributed by atoms with Gasteiger partial charge in [-0.25, -0.2) is 8.78 Å². The zero-order valence-corrected chi connectivity index (χ0v) is 10.9. The van der Waals surface area contributed by atoms with E-state index in [9.17, 15) is 8.78 Å². The Morgan fingerprint density at radius 2 is 1.78 bits per heavy atom. The monoisotopic (exact) mass is 253 g/mol. The lowest BCUT2D eigenvalue weighted by molar-refractivity contribution is 0.279. The molecule has 0 saturated heterocycles. The Labute approximate surface area is 108 Å². The van der Waals surface area contributed by atoms with Gasteiger partial charge in [-0.3, -0.25) is 0 Å². The molecule has 0 aliphatic heterocycles. The van der Waals surface area contributed by atoms with E-state index in [1.54, 1.807) is 0 Å². The molecule has 100 valence electrons. The highest BCUT2D eigenvalue weighted by Gasteiger charge is 2.20. The summed E-state index contributed by atoms with van der Waals surface area (Å²) in [7, 11) is 0. The van der Waals surface area contributed by atoms with Gasteiger partial charge in [0.15, 0.2) is 0 Å². The van der Waals surface area contributed by atoms with Crippen LogP contribution in [0.2, 0.25) is 0 Å². The Balaban J connectivity index is 1.90. The van der Waals surface area contributed by atoms with E-state index in [-0.39, 0.29) is 12.1 Å². The lowest BCUT2D eigenvalue weighted by Gasteiger charge is -2.28. The summed E-state index contributed by atoms with van der Waals surface area (Å²) in [5.41, 5.74) is 0.153. The average Bonchev–Trinajstić information content (AvgIpc) is 2.39. The molecular weight excluding hydrogens is 232 g/mol. The van der Waals surface area contributed by atoms with Gasteiger partial charge in [-0.05, 0) is 37.8 Å². The summed E-state index contributed by atoms with van der Waals surface area (Å²) in [5, 5.41) is 3.27. The molecule has 1 saturated carbocycles. The van der Waals surface area contributed by atoms with Gasteiger partial charge in [-0.1, -0.05) is 25.3 Å². The van der Waals surface area contributed by atoms with Crippen LogP contribution in [0.4, 0.5) is 8.78 Å². The first kappa shape index (κ1) is 13.5. The van der Waals surface area contributed by atoms with E-state index in [0.29, 0.717) is 12.0 Å². The fourth-order valence-corrected chi connectivity index (χ4v) is 2.77. The van der Waals surface area contributed by atoms with Crippen LogP contribution in [0.3, 0.4) is 0 Å². The van der Waals surface area contributed by atoms with Gasteiger partial charge in [-0.2, -0.15) is 0 Å². The van der Waals surface area contributed by atoms with Gasteiger partial charge in [0.1, 0.15) is 11.6 Å². The van der Waals surface area contributed by atoms with Crippen molar-refractivity contribution in [2.45, 2.75) is 51.6 Å². The molecule has 1 N–H and O–H groups in total. The van der Waals surface area contributed by atoms with Crippen LogP contribution in [0.15, 0.2) is 18.2 Å². The topological polar surface area (TPSA) is 12.0 Å². The molecule has 0 bridgehead atoms. The summed E-state index contributed by atoms with van der Waals surface area (Å²) in [4.78, 5) is 0. The predicted molar refractivity (Wildman–Crippen MR) is 69.2 cm³/mol. The fraction of sp³-hybridized carbons (Fsp3) is 0.600. The third kappa shape index (κ3) is 3.29. The third-order valence-corrected chi connectivity index (χ3v) is 4.02. The van der Waals surface area contributed by atoms with Crippen LogP contribution in [0.1, 0.15) is 44.6 Å². The van der Waals surface area contributed by atoms with E-state index < -0.39 is 11.6 Å². The van der Waals surface area contributed by atoms with Crippen LogP contribution in [0, 0.1) is 17.6 Å². The van der Waals surface area contributed by atoms with E-state index in [1.807, 2.05) is 0 Å². The molecule has 2 rings (SSSR count). The largest absolute Gasteiger partial charge is 0.310 e. The minimum Gasteiger partial charge on any atom is -0.310 e. The van der Waals surface area contributed by atoms with E-state index in [2.05, 4.69) is 12.2 Å². The van der Waals surface area contributed by atoms with Crippen molar-refractivity contribution in [1.29, 1.82) is 0 Å². The van der Waals surface area contributed by atoms with Crippen molar-refractivity contribution >= 4 is 0 Å². The molecule has 1 aromatic carbocycles. The second-order valence-corrected chi connectivity index (χ2v) is 5.27. The molecule has 0 aromatic heterocycles. The summed E-state index contributed by atoms with van der Waals surface area (Å²) < 4.78 is 26.9. The Morgan fingerprint density at radius 3 is 2.39 bits per heavy atom. The lowest BCUT2D eigenvalue weighted by atomic mass is 9.84. The second kappa shape index (κ2) is 6.28. The van der Waals surface area contributed by atoms with E-state index in [1.165, 1.54) is 50.3 Å².